The summed E-state index contributed by atoms with van der Waals surface area (Å²) >= 11 is 4.03. The van der Waals surface area contributed by atoms with Crippen LogP contribution in [0.3, 0.4) is 0 Å². The third kappa shape index (κ3) is 3.84. The van der Waals surface area contributed by atoms with E-state index in [0.29, 0.717) is 29.4 Å². The van der Waals surface area contributed by atoms with E-state index in [2.05, 4.69) is 20.9 Å². The average Bonchev–Trinajstić information content (AvgIpc) is 3.20. The molecule has 170 valence electrons. The van der Waals surface area contributed by atoms with E-state index >= 15 is 0 Å². The van der Waals surface area contributed by atoms with Crippen LogP contribution in [0.1, 0.15) is 67.0 Å². The Morgan fingerprint density at radius 2 is 1.70 bits per heavy atom. The number of aromatic nitrogens is 1. The number of carbonyl (C=O) groups is 2. The van der Waals surface area contributed by atoms with Gasteiger partial charge in [0, 0.05) is 32.6 Å². The first-order chi connectivity index (χ1) is 15.9. The standard InChI is InChI=1S/C28H28BrNO3/c29-28-13-18-10-19(14-28)12-27(11-18,17-28)15-24(31)33-26(20-6-2-1-3-7-20)25(32)22-16-30-23-9-5-4-8-21(22)23/h1-9,16,18-19,26,30H,10-15,17H2/t18-,19-,26-,27?,28?/m1/s1. The van der Waals surface area contributed by atoms with Crippen molar-refractivity contribution in [3.8, 4) is 0 Å². The Morgan fingerprint density at radius 1 is 1.00 bits per heavy atom. The second kappa shape index (κ2) is 7.83. The smallest absolute Gasteiger partial charge is 0.307 e. The monoisotopic (exact) mass is 505 g/mol. The molecule has 1 aromatic heterocycles. The van der Waals surface area contributed by atoms with Crippen LogP contribution in [0, 0.1) is 17.3 Å². The highest BCUT2D eigenvalue weighted by Crippen LogP contribution is 2.65. The molecule has 1 N–H and O–H groups in total. The fourth-order valence-corrected chi connectivity index (χ4v) is 8.85. The zero-order valence-electron chi connectivity index (χ0n) is 18.6. The molecule has 4 aliphatic carbocycles. The van der Waals surface area contributed by atoms with Gasteiger partial charge in [0.25, 0.3) is 0 Å². The van der Waals surface area contributed by atoms with E-state index in [1.807, 2.05) is 54.6 Å². The van der Waals surface area contributed by atoms with Crippen LogP contribution in [0.4, 0.5) is 0 Å². The van der Waals surface area contributed by atoms with Gasteiger partial charge in [-0.1, -0.05) is 64.5 Å². The molecule has 0 spiro atoms. The first-order valence-electron chi connectivity index (χ1n) is 12.0. The zero-order chi connectivity index (χ0) is 22.6. The number of halogens is 1. The molecule has 0 amide bonds. The zero-order valence-corrected chi connectivity index (χ0v) is 20.1. The van der Waals surface area contributed by atoms with Crippen LogP contribution in [0.2, 0.25) is 0 Å². The molecule has 0 aliphatic heterocycles. The van der Waals surface area contributed by atoms with Gasteiger partial charge in [0.15, 0.2) is 6.10 Å². The van der Waals surface area contributed by atoms with E-state index < -0.39 is 6.10 Å². The first-order valence-corrected chi connectivity index (χ1v) is 12.8. The molecule has 3 aromatic rings. The van der Waals surface area contributed by atoms with E-state index in [-0.39, 0.29) is 21.5 Å². The van der Waals surface area contributed by atoms with E-state index in [0.717, 1.165) is 30.2 Å². The normalized spacial score (nSPS) is 30.9. The Hall–Kier alpha value is -2.40. The van der Waals surface area contributed by atoms with Crippen molar-refractivity contribution < 1.29 is 14.3 Å². The molecule has 2 aromatic carbocycles. The highest BCUT2D eigenvalue weighted by molar-refractivity contribution is 9.10. The van der Waals surface area contributed by atoms with Crippen LogP contribution in [-0.4, -0.2) is 21.1 Å². The lowest BCUT2D eigenvalue weighted by molar-refractivity contribution is -0.154. The minimum atomic E-state index is -0.940. The van der Waals surface area contributed by atoms with E-state index in [1.54, 1.807) is 6.20 Å². The van der Waals surface area contributed by atoms with Gasteiger partial charge in [0.2, 0.25) is 5.78 Å². The lowest BCUT2D eigenvalue weighted by Gasteiger charge is -2.60. The lowest BCUT2D eigenvalue weighted by atomic mass is 9.49. The number of Topliss-reactive ketones (excluding diaryl/α,β-unsaturated/α-hetero) is 1. The molecule has 4 nitrogen and oxygen atoms in total. The molecule has 3 atom stereocenters. The number of carbonyl (C=O) groups excluding carboxylic acids is 2. The summed E-state index contributed by atoms with van der Waals surface area (Å²) in [4.78, 5) is 30.2. The highest BCUT2D eigenvalue weighted by atomic mass is 79.9. The Kier molecular flexibility index (Phi) is 5.02. The molecular weight excluding hydrogens is 478 g/mol. The third-order valence-electron chi connectivity index (χ3n) is 8.07. The molecule has 4 bridgehead atoms. The number of hydrogen-bond donors (Lipinski definition) is 1. The van der Waals surface area contributed by atoms with Crippen molar-refractivity contribution in [3.63, 3.8) is 0 Å². The number of hydrogen-bond acceptors (Lipinski definition) is 3. The number of nitrogens with one attached hydrogen (secondary N) is 1. The molecular formula is C28H28BrNO3. The van der Waals surface area contributed by atoms with Gasteiger partial charge >= 0.3 is 5.97 Å². The third-order valence-corrected chi connectivity index (χ3v) is 9.00. The quantitative estimate of drug-likeness (QED) is 0.228. The molecule has 7 rings (SSSR count). The minimum absolute atomic E-state index is 0.00966. The van der Waals surface area contributed by atoms with Crippen LogP contribution in [0.5, 0.6) is 0 Å². The largest absolute Gasteiger partial charge is 0.449 e. The van der Waals surface area contributed by atoms with E-state index in [4.69, 9.17) is 4.74 Å². The molecule has 1 heterocycles. The van der Waals surface area contributed by atoms with Crippen molar-refractivity contribution >= 4 is 38.6 Å². The van der Waals surface area contributed by atoms with Gasteiger partial charge in [0.05, 0.1) is 6.42 Å². The summed E-state index contributed by atoms with van der Waals surface area (Å²) in [6.07, 6.45) is 8.20. The topological polar surface area (TPSA) is 59.2 Å². The van der Waals surface area contributed by atoms with Crippen LogP contribution in [0.15, 0.2) is 60.8 Å². The molecule has 4 aliphatic rings. The number of fused-ring (bicyclic) bond motifs is 1. The Labute approximate surface area is 202 Å². The summed E-state index contributed by atoms with van der Waals surface area (Å²) in [5.74, 6) is 0.969. The van der Waals surface area contributed by atoms with Crippen LogP contribution in [0.25, 0.3) is 10.9 Å². The number of rotatable bonds is 6. The molecule has 0 saturated heterocycles. The maximum atomic E-state index is 13.7. The van der Waals surface area contributed by atoms with Crippen LogP contribution in [-0.2, 0) is 9.53 Å². The number of benzene rings is 2. The molecule has 4 saturated carbocycles. The van der Waals surface area contributed by atoms with E-state index in [1.165, 1.54) is 19.3 Å². The van der Waals surface area contributed by atoms with Crippen molar-refractivity contribution in [2.75, 3.05) is 0 Å². The van der Waals surface area contributed by atoms with Gasteiger partial charge < -0.3 is 9.72 Å². The second-order valence-corrected chi connectivity index (χ2v) is 12.4. The van der Waals surface area contributed by atoms with E-state index in [9.17, 15) is 9.59 Å². The SMILES string of the molecule is O=C(CC12C[C@H]3C[C@@H](CC(Br)(C3)C1)C2)O[C@@H](C(=O)c1c[nH]c2ccccc12)c1ccccc1. The summed E-state index contributed by atoms with van der Waals surface area (Å²) in [6, 6.07) is 17.1. The predicted octanol–water partition coefficient (Wildman–Crippen LogP) is 6.76. The molecule has 0 radical (unpaired) electrons. The maximum absolute atomic E-state index is 13.7. The van der Waals surface area contributed by atoms with Gasteiger partial charge in [-0.25, -0.2) is 0 Å². The van der Waals surface area contributed by atoms with Gasteiger partial charge in [-0.05, 0) is 61.8 Å². The Morgan fingerprint density at radius 3 is 2.42 bits per heavy atom. The summed E-state index contributed by atoms with van der Waals surface area (Å²) in [5, 5.41) is 0.849. The lowest BCUT2D eigenvalue weighted by Crippen LogP contribution is -2.53. The number of aromatic amines is 1. The van der Waals surface area contributed by atoms with Crippen LogP contribution >= 0.6 is 15.9 Å². The second-order valence-electron chi connectivity index (χ2n) is 10.7. The molecule has 4 fully saturated rings. The number of esters is 1. The number of ether oxygens (including phenoxy) is 1. The number of H-pyrrole nitrogens is 1. The number of para-hydroxylation sites is 1. The predicted molar refractivity (Wildman–Crippen MR) is 131 cm³/mol. The fraction of sp³-hybridized carbons (Fsp3) is 0.429. The summed E-state index contributed by atoms with van der Waals surface area (Å²) < 4.78 is 6.22. The summed E-state index contributed by atoms with van der Waals surface area (Å²) in [7, 11) is 0. The minimum Gasteiger partial charge on any atom is -0.449 e. The van der Waals surface area contributed by atoms with Gasteiger partial charge in [0.1, 0.15) is 0 Å². The fourth-order valence-electron chi connectivity index (χ4n) is 7.34. The highest BCUT2D eigenvalue weighted by Gasteiger charge is 2.57. The molecule has 0 unspecified atom stereocenters. The van der Waals surface area contributed by atoms with Crippen LogP contribution < -0.4 is 0 Å². The van der Waals surface area contributed by atoms with Gasteiger partial charge in [-0.2, -0.15) is 0 Å². The summed E-state index contributed by atoms with van der Waals surface area (Å²) in [6.45, 7) is 0. The first kappa shape index (κ1) is 21.2. The van der Waals surface area contributed by atoms with Gasteiger partial charge in [-0.3, -0.25) is 9.59 Å². The maximum Gasteiger partial charge on any atom is 0.307 e. The molecule has 33 heavy (non-hydrogen) atoms. The molecule has 5 heteroatoms. The Balaban J connectivity index is 1.27. The van der Waals surface area contributed by atoms with Crippen molar-refractivity contribution in [2.24, 2.45) is 17.3 Å². The van der Waals surface area contributed by atoms with Crippen molar-refractivity contribution in [1.82, 2.24) is 4.98 Å². The van der Waals surface area contributed by atoms with Gasteiger partial charge in [-0.15, -0.1) is 0 Å². The summed E-state index contributed by atoms with van der Waals surface area (Å²) in [5.41, 5.74) is 2.18. The van der Waals surface area contributed by atoms with Crippen molar-refractivity contribution in [1.29, 1.82) is 0 Å². The van der Waals surface area contributed by atoms with Crippen molar-refractivity contribution in [2.45, 2.75) is 55.4 Å². The van der Waals surface area contributed by atoms with Crippen molar-refractivity contribution in [3.05, 3.63) is 71.9 Å². The Bertz CT molecular complexity index is 1200. The average molecular weight is 506 g/mol. The number of ketones is 1. The number of alkyl halides is 1.